The van der Waals surface area contributed by atoms with E-state index in [1.54, 1.807) is 6.92 Å². The molecule has 21 nitrogen and oxygen atoms in total. The van der Waals surface area contributed by atoms with Gasteiger partial charge >= 0.3 is 21.3 Å². The minimum Gasteiger partial charge on any atom is -0.387 e. The molecule has 0 radical (unpaired) electrons. The fourth-order valence-electron chi connectivity index (χ4n) is 3.76. The Morgan fingerprint density at radius 1 is 1.12 bits per heavy atom. The summed E-state index contributed by atoms with van der Waals surface area (Å²) in [6, 6.07) is 1.30. The van der Waals surface area contributed by atoms with Crippen LogP contribution in [0.25, 0.3) is 11.2 Å². The molecule has 1 aliphatic rings. The molecule has 0 amide bonds. The Hall–Kier alpha value is -2.91. The Kier molecular flexibility index (Phi) is 10.5. The molecule has 1 saturated heterocycles. The molecule has 1 aliphatic heterocycles. The summed E-state index contributed by atoms with van der Waals surface area (Å²) in [6.07, 6.45) is -1.71. The van der Waals surface area contributed by atoms with Crippen molar-refractivity contribution in [3.63, 3.8) is 0 Å². The van der Waals surface area contributed by atoms with Crippen LogP contribution in [0.15, 0.2) is 28.2 Å². The highest BCUT2D eigenvalue weighted by Gasteiger charge is 2.53. The number of H-pyrrole nitrogens is 1. The predicted molar refractivity (Wildman–Crippen MR) is 138 cm³/mol. The van der Waals surface area contributed by atoms with Gasteiger partial charge in [-0.15, -0.1) is 0 Å². The lowest BCUT2D eigenvalue weighted by molar-refractivity contribution is -0.136. The number of ether oxygens (including phenoxy) is 2. The highest BCUT2D eigenvalue weighted by molar-refractivity contribution is 7.46. The summed E-state index contributed by atoms with van der Waals surface area (Å²) in [5, 5.41) is 20.0. The van der Waals surface area contributed by atoms with E-state index < -0.39 is 52.0 Å². The van der Waals surface area contributed by atoms with Crippen molar-refractivity contribution in [2.45, 2.75) is 44.6 Å². The maximum absolute atomic E-state index is 11.9. The first-order valence-corrected chi connectivity index (χ1v) is 14.8. The smallest absolute Gasteiger partial charge is 0.387 e. The minimum absolute atomic E-state index is 0.0209. The van der Waals surface area contributed by atoms with Gasteiger partial charge in [-0.25, -0.2) is 23.9 Å². The van der Waals surface area contributed by atoms with Gasteiger partial charge in [0.2, 0.25) is 0 Å². The average molecular weight is 641 g/mol. The zero-order valence-electron chi connectivity index (χ0n) is 21.9. The summed E-state index contributed by atoms with van der Waals surface area (Å²) in [5.41, 5.74) is 3.10. The Balaban J connectivity index is 0.000000231. The number of fused-ring (bicyclic) bond motifs is 1. The van der Waals surface area contributed by atoms with Gasteiger partial charge in [-0.2, -0.15) is 4.98 Å². The number of aliphatic hydroxyl groups is 2. The first-order valence-electron chi connectivity index (χ1n) is 11.7. The molecule has 1 unspecified atom stereocenters. The van der Waals surface area contributed by atoms with Crippen molar-refractivity contribution in [3.05, 3.63) is 45.3 Å². The highest BCUT2D eigenvalue weighted by atomic mass is 31.2. The van der Waals surface area contributed by atoms with Crippen molar-refractivity contribution in [3.8, 4) is 0 Å². The van der Waals surface area contributed by atoms with Gasteiger partial charge in [0, 0.05) is 6.20 Å². The standard InChI is InChI=1S/C10H16N3O8P.C9H13N4O6P/c1-10(13-3-2-6(11)12-9(13)16)8(15)7(14)5(21-10)4-20-22(17,18)19;1-6-11-8-7(9(14)12-6)10-4-13(8)5-18-2-3-19-20(15,16)17/h2-3,5,7-8,14-15H,4H2,1H3,(H2,11,12,16)(H2,17,18,19);4H,2-3,5H2,1H3,(H,11,12,14)(H2,15,16,17)/t5-,7+,8?,10-;/m1./s1. The van der Waals surface area contributed by atoms with E-state index in [0.29, 0.717) is 11.5 Å². The lowest BCUT2D eigenvalue weighted by atomic mass is 10.0. The molecule has 4 heterocycles. The molecule has 23 heteroatoms. The number of phosphoric ester groups is 2. The van der Waals surface area contributed by atoms with Crippen molar-refractivity contribution in [1.29, 1.82) is 0 Å². The Morgan fingerprint density at radius 2 is 1.79 bits per heavy atom. The lowest BCUT2D eigenvalue weighted by Gasteiger charge is -2.29. The molecule has 0 aromatic carbocycles. The zero-order chi connectivity index (χ0) is 31.5. The predicted octanol–water partition coefficient (Wildman–Crippen LogP) is -2.76. The number of nitrogen functional groups attached to an aromatic ring is 1. The minimum atomic E-state index is -4.76. The van der Waals surface area contributed by atoms with Crippen LogP contribution >= 0.6 is 15.6 Å². The SMILES string of the molecule is C[C@@]1(n2ccc(N)nc2=O)O[C@H](COP(=O)(O)O)[C@H](O)C1O.Cc1nc2c(ncn2COCCOP(=O)(O)O)c(=O)[nH]1. The monoisotopic (exact) mass is 641 g/mol. The van der Waals surface area contributed by atoms with Crippen molar-refractivity contribution >= 4 is 32.6 Å². The first-order chi connectivity index (χ1) is 19.4. The van der Waals surface area contributed by atoms with Gasteiger partial charge in [0.25, 0.3) is 5.56 Å². The number of imidazole rings is 1. The van der Waals surface area contributed by atoms with Crippen LogP contribution in [0.2, 0.25) is 0 Å². The molecular formula is C19H29N7O14P2. The van der Waals surface area contributed by atoms with Crippen LogP contribution in [0.5, 0.6) is 0 Å². The van der Waals surface area contributed by atoms with Gasteiger partial charge < -0.3 is 50.0 Å². The number of aryl methyl sites for hydroxylation is 1. The van der Waals surface area contributed by atoms with E-state index in [1.165, 1.54) is 30.1 Å². The number of aromatic amines is 1. The Bertz CT molecular complexity index is 1600. The van der Waals surface area contributed by atoms with Crippen LogP contribution in [-0.4, -0.2) is 97.0 Å². The Morgan fingerprint density at radius 3 is 2.40 bits per heavy atom. The fourth-order valence-corrected chi connectivity index (χ4v) is 4.41. The van der Waals surface area contributed by atoms with Crippen LogP contribution in [-0.2, 0) is 40.1 Å². The van der Waals surface area contributed by atoms with E-state index in [9.17, 15) is 28.9 Å². The number of aromatic nitrogens is 6. The molecule has 0 saturated carbocycles. The largest absolute Gasteiger partial charge is 0.469 e. The molecule has 3 aromatic rings. The molecule has 0 bridgehead atoms. The third kappa shape index (κ3) is 8.57. The number of phosphoric acid groups is 2. The summed E-state index contributed by atoms with van der Waals surface area (Å²) >= 11 is 0. The van der Waals surface area contributed by atoms with E-state index in [4.69, 9.17) is 34.8 Å². The van der Waals surface area contributed by atoms with Crippen LogP contribution in [0.4, 0.5) is 5.82 Å². The van der Waals surface area contributed by atoms with Crippen LogP contribution < -0.4 is 17.0 Å². The number of hydrogen-bond donors (Lipinski definition) is 8. The quantitative estimate of drug-likeness (QED) is 0.0820. The van der Waals surface area contributed by atoms with Crippen molar-refractivity contribution < 1.29 is 57.4 Å². The van der Waals surface area contributed by atoms with Gasteiger partial charge in [-0.3, -0.25) is 23.0 Å². The second-order valence-electron chi connectivity index (χ2n) is 8.84. The maximum Gasteiger partial charge on any atom is 0.469 e. The van der Waals surface area contributed by atoms with Crippen molar-refractivity contribution in [2.75, 3.05) is 25.6 Å². The van der Waals surface area contributed by atoms with Crippen LogP contribution in [0.1, 0.15) is 12.7 Å². The molecular weight excluding hydrogens is 612 g/mol. The van der Waals surface area contributed by atoms with Crippen LogP contribution in [0.3, 0.4) is 0 Å². The number of hydrogen-bond acceptors (Lipinski definition) is 14. The van der Waals surface area contributed by atoms with Gasteiger partial charge in [-0.1, -0.05) is 0 Å². The van der Waals surface area contributed by atoms with Crippen LogP contribution in [0, 0.1) is 6.92 Å². The third-order valence-electron chi connectivity index (χ3n) is 5.66. The number of rotatable bonds is 10. The average Bonchev–Trinajstić information content (AvgIpc) is 3.36. The zero-order valence-corrected chi connectivity index (χ0v) is 23.7. The summed E-state index contributed by atoms with van der Waals surface area (Å²) in [5.74, 6) is 0.424. The third-order valence-corrected chi connectivity index (χ3v) is 6.67. The van der Waals surface area contributed by atoms with Crippen molar-refractivity contribution in [1.82, 2.24) is 29.1 Å². The van der Waals surface area contributed by atoms with Crippen molar-refractivity contribution in [2.24, 2.45) is 0 Å². The highest BCUT2D eigenvalue weighted by Crippen LogP contribution is 2.40. The molecule has 42 heavy (non-hydrogen) atoms. The van der Waals surface area contributed by atoms with E-state index in [-0.39, 0.29) is 36.8 Å². The van der Waals surface area contributed by atoms with Gasteiger partial charge in [0.05, 0.1) is 26.1 Å². The molecule has 9 N–H and O–H groups in total. The lowest BCUT2D eigenvalue weighted by Crippen LogP contribution is -2.48. The normalized spacial score (nSPS) is 22.7. The van der Waals surface area contributed by atoms with E-state index in [2.05, 4.69) is 29.0 Å². The summed E-state index contributed by atoms with van der Waals surface area (Å²) in [6.45, 7) is 2.06. The second-order valence-corrected chi connectivity index (χ2v) is 11.3. The number of nitrogens with two attached hydrogens (primary N) is 1. The molecule has 0 spiro atoms. The molecule has 1 fully saturated rings. The number of nitrogens with zero attached hydrogens (tertiary/aromatic N) is 5. The summed E-state index contributed by atoms with van der Waals surface area (Å²) in [4.78, 5) is 71.8. The van der Waals surface area contributed by atoms with Gasteiger partial charge in [-0.05, 0) is 19.9 Å². The molecule has 3 aromatic heterocycles. The fraction of sp³-hybridized carbons (Fsp3) is 0.526. The summed E-state index contributed by atoms with van der Waals surface area (Å²) < 4.78 is 42.6. The molecule has 0 aliphatic carbocycles. The van der Waals surface area contributed by atoms with Gasteiger partial charge in [0.15, 0.2) is 16.9 Å². The van der Waals surface area contributed by atoms with Gasteiger partial charge in [0.1, 0.15) is 36.7 Å². The number of anilines is 1. The topological polar surface area (TPSA) is 317 Å². The number of nitrogens with one attached hydrogen (secondary N) is 1. The molecule has 234 valence electrons. The Labute approximate surface area is 235 Å². The first kappa shape index (κ1) is 33.6. The molecule has 4 atom stereocenters. The van der Waals surface area contributed by atoms with E-state index in [1.807, 2.05) is 0 Å². The van der Waals surface area contributed by atoms with E-state index in [0.717, 1.165) is 4.57 Å². The molecule has 4 rings (SSSR count). The maximum atomic E-state index is 11.9. The summed E-state index contributed by atoms with van der Waals surface area (Å²) in [7, 11) is -9.24. The second kappa shape index (κ2) is 13.2. The number of aliphatic hydroxyl groups excluding tert-OH is 2. The van der Waals surface area contributed by atoms with E-state index >= 15 is 0 Å².